The van der Waals surface area contributed by atoms with Crippen LogP contribution in [-0.2, 0) is 52.7 Å². The summed E-state index contributed by atoms with van der Waals surface area (Å²) in [7, 11) is 0. The van der Waals surface area contributed by atoms with E-state index in [4.69, 9.17) is 102 Å². The molecule has 0 heterocycles. The number of nitrogens with two attached hydrogens (primary N) is 17. The lowest BCUT2D eigenvalue weighted by Gasteiger charge is -2.28. The first kappa shape index (κ1) is 90.2. The van der Waals surface area contributed by atoms with Gasteiger partial charge in [-0.15, -0.1) is 0 Å². The molecule has 0 radical (unpaired) electrons. The van der Waals surface area contributed by atoms with Crippen molar-refractivity contribution in [2.75, 3.05) is 71.3 Å². The minimum absolute atomic E-state index is 0.00894. The Hall–Kier alpha value is -10.8. The third-order valence-corrected chi connectivity index (χ3v) is 14.3. The number of hydrogen-bond acceptors (Lipinski definition) is 20. The number of nitrogens with one attached hydrogen (secondary N) is 9. The van der Waals surface area contributed by atoms with Crippen molar-refractivity contribution in [1.82, 2.24) is 47.9 Å². The normalized spacial score (nSPS) is 13.3. The summed E-state index contributed by atoms with van der Waals surface area (Å²) in [6.45, 7) is 1.22. The van der Waals surface area contributed by atoms with Gasteiger partial charge in [-0.2, -0.15) is 12.6 Å². The van der Waals surface area contributed by atoms with Crippen LogP contribution in [0.5, 0.6) is 0 Å². The van der Waals surface area contributed by atoms with Crippen molar-refractivity contribution < 1.29 is 52.7 Å². The highest BCUT2D eigenvalue weighted by Crippen LogP contribution is 2.12. The third-order valence-electron chi connectivity index (χ3n) is 13.9. The topological polar surface area (TPSA) is 829 Å². The molecule has 45 nitrogen and oxygen atoms in total. The standard InChI is InChI=1S/C55H110N34O11S/c1-2-100-27-38(90)81-29(11-3-19-73-48(57)58)40(92)82-30(12-4-20-74-49(59)60)41(93)83-31(13-5-21-75-50(61)62)42(94)84-32(14-6-22-76-51(63)64)43(95)85-33(15-7-23-77-52(65)66)44(96)86-34(16-8-24-78-53(67)68)45(97)87-35(17-9-25-79-54(69)70)46(98)88-36(18-10-26-80-55(71)72)47(99)89-37(28-101)39(56)91/h29-37,101H,2-28H2,1H3,(H2,56,91)(H,81,90)(H,82,92)(H,83,93)(H,84,94)(H,85,95)(H,86,96)(H,87,97)(H,88,98)(H,89,99)(H4,57,58,73)(H4,59,60,74)(H4,61,62,75)(H4,63,64,76)(H4,65,66,77)(H4,67,68,78)(H4,69,70,79)(H4,71,72,80)/t29-,30-,31-,32-,33-,34-,35-,36-,37-/m1/s1. The number of ether oxygens (including phenoxy) is 1. The third kappa shape index (κ3) is 44.7. The molecule has 572 valence electrons. The van der Waals surface area contributed by atoms with Gasteiger partial charge in [0.15, 0.2) is 47.7 Å². The summed E-state index contributed by atoms with van der Waals surface area (Å²) in [4.78, 5) is 172. The lowest BCUT2D eigenvalue weighted by atomic mass is 10.0. The molecule has 0 aromatic heterocycles. The average molecular weight is 1460 g/mol. The molecular weight excluding hydrogens is 1340 g/mol. The fourth-order valence-electron chi connectivity index (χ4n) is 9.00. The van der Waals surface area contributed by atoms with Crippen LogP contribution in [0.2, 0.25) is 0 Å². The highest BCUT2D eigenvalue weighted by molar-refractivity contribution is 7.80. The number of primary amides is 1. The van der Waals surface area contributed by atoms with Gasteiger partial charge in [0, 0.05) is 64.7 Å². The van der Waals surface area contributed by atoms with E-state index in [2.05, 4.69) is 100 Å². The van der Waals surface area contributed by atoms with Crippen LogP contribution in [0.1, 0.15) is 110 Å². The summed E-state index contributed by atoms with van der Waals surface area (Å²) in [6.07, 6.45) is -0.724. The van der Waals surface area contributed by atoms with E-state index in [9.17, 15) is 47.9 Å². The fraction of sp³-hybridized carbons (Fsp3) is 0.673. The van der Waals surface area contributed by atoms with Gasteiger partial charge < -0.3 is 150 Å². The number of rotatable bonds is 54. The quantitative estimate of drug-likeness (QED) is 0.0116. The van der Waals surface area contributed by atoms with Gasteiger partial charge in [0.2, 0.25) is 59.1 Å². The molecule has 0 rings (SSSR count). The summed E-state index contributed by atoms with van der Waals surface area (Å²) in [5, 5.41) is 23.5. The number of aliphatic imine (C=N–C) groups is 8. The number of carbonyl (C=O) groups is 10. The monoisotopic (exact) mass is 1450 g/mol. The van der Waals surface area contributed by atoms with Crippen LogP contribution in [0.3, 0.4) is 0 Å². The van der Waals surface area contributed by atoms with Crippen LogP contribution in [0, 0.1) is 0 Å². The van der Waals surface area contributed by atoms with Gasteiger partial charge in [0.05, 0.1) is 0 Å². The first-order chi connectivity index (χ1) is 47.7. The van der Waals surface area contributed by atoms with Crippen LogP contribution in [0.4, 0.5) is 0 Å². The summed E-state index contributed by atoms with van der Waals surface area (Å²) >= 11 is 4.09. The first-order valence-electron chi connectivity index (χ1n) is 32.3. The van der Waals surface area contributed by atoms with E-state index in [1.807, 2.05) is 0 Å². The van der Waals surface area contributed by atoms with Gasteiger partial charge in [-0.25, -0.2) is 0 Å². The minimum Gasteiger partial charge on any atom is -0.372 e. The Bertz CT molecular complexity index is 2860. The van der Waals surface area contributed by atoms with E-state index in [1.165, 1.54) is 0 Å². The average Bonchev–Trinajstić information content (AvgIpc) is 0.883. The van der Waals surface area contributed by atoms with Crippen LogP contribution in [0.25, 0.3) is 0 Å². The minimum atomic E-state index is -1.57. The zero-order valence-electron chi connectivity index (χ0n) is 57.1. The molecule has 46 heteroatoms. The maximum Gasteiger partial charge on any atom is 0.246 e. The summed E-state index contributed by atoms with van der Waals surface area (Å²) in [5.41, 5.74) is 94.4. The van der Waals surface area contributed by atoms with E-state index in [0.717, 1.165) is 0 Å². The Balaban J connectivity index is 7.86. The van der Waals surface area contributed by atoms with E-state index in [0.29, 0.717) is 0 Å². The van der Waals surface area contributed by atoms with E-state index >= 15 is 0 Å². The largest absolute Gasteiger partial charge is 0.372 e. The molecule has 0 bridgehead atoms. The number of guanidine groups is 8. The Morgan fingerprint density at radius 3 is 0.574 bits per heavy atom. The fourth-order valence-corrected chi connectivity index (χ4v) is 9.27. The highest BCUT2D eigenvalue weighted by atomic mass is 32.1. The number of carbonyl (C=O) groups excluding carboxylic acids is 10. The molecule has 0 aromatic carbocycles. The number of amides is 10. The molecule has 9 atom stereocenters. The predicted molar refractivity (Wildman–Crippen MR) is 386 cm³/mol. The van der Waals surface area contributed by atoms with E-state index < -0.39 is 120 Å². The van der Waals surface area contributed by atoms with Gasteiger partial charge in [-0.3, -0.25) is 87.9 Å². The zero-order chi connectivity index (χ0) is 76.4. The van der Waals surface area contributed by atoms with Crippen molar-refractivity contribution in [2.24, 2.45) is 137 Å². The van der Waals surface area contributed by atoms with Crippen molar-refractivity contribution >= 4 is 119 Å². The molecule has 0 saturated heterocycles. The SMILES string of the molecule is CCOCC(=O)N[C@H](CCCN=C(N)N)C(=O)N[C@H](CCCN=C(N)N)C(=O)N[C@H](CCCN=C(N)N)C(=O)N[C@H](CCCN=C(N)N)C(=O)N[C@H](CCCN=C(N)N)C(=O)N[C@H](CCCN=C(N)N)C(=O)N[C@H](CCCN=C(N)N)C(=O)N[C@H](CCCN=C(N)N)C(=O)N[C@H](CS)C(N)=O. The van der Waals surface area contributed by atoms with Crippen molar-refractivity contribution in [1.29, 1.82) is 0 Å². The maximum atomic E-state index is 14.8. The number of nitrogens with zero attached hydrogens (tertiary/aromatic N) is 8. The predicted octanol–water partition coefficient (Wildman–Crippen LogP) is -12.8. The maximum absolute atomic E-state index is 14.8. The second-order valence-electron chi connectivity index (χ2n) is 22.4. The lowest BCUT2D eigenvalue weighted by molar-refractivity contribution is -0.136. The van der Waals surface area contributed by atoms with Gasteiger partial charge in [0.25, 0.3) is 0 Å². The first-order valence-corrected chi connectivity index (χ1v) is 33.0. The van der Waals surface area contributed by atoms with Crippen LogP contribution in [-0.4, -0.2) is 232 Å². The van der Waals surface area contributed by atoms with Crippen molar-refractivity contribution in [2.45, 2.75) is 164 Å². The smallest absolute Gasteiger partial charge is 0.246 e. The van der Waals surface area contributed by atoms with Crippen LogP contribution < -0.4 is 145 Å². The number of thiol groups is 1. The van der Waals surface area contributed by atoms with Crippen LogP contribution >= 0.6 is 12.6 Å². The highest BCUT2D eigenvalue weighted by Gasteiger charge is 2.35. The van der Waals surface area contributed by atoms with Crippen molar-refractivity contribution in [3.8, 4) is 0 Å². The summed E-state index contributed by atoms with van der Waals surface area (Å²) < 4.78 is 5.22. The molecule has 0 aliphatic carbocycles. The number of hydrogen-bond donors (Lipinski definition) is 27. The van der Waals surface area contributed by atoms with E-state index in [-0.39, 0.29) is 215 Å². The van der Waals surface area contributed by atoms with Gasteiger partial charge in [-0.05, 0) is 110 Å². The Kier molecular flexibility index (Phi) is 46.7. The lowest BCUT2D eigenvalue weighted by Crippen LogP contribution is -2.60. The molecule has 0 aliphatic heterocycles. The van der Waals surface area contributed by atoms with Gasteiger partial charge >= 0.3 is 0 Å². The van der Waals surface area contributed by atoms with E-state index in [1.54, 1.807) is 6.92 Å². The Morgan fingerprint density at radius 1 is 0.277 bits per heavy atom. The van der Waals surface area contributed by atoms with Crippen molar-refractivity contribution in [3.05, 3.63) is 0 Å². The molecule has 10 amide bonds. The van der Waals surface area contributed by atoms with Crippen molar-refractivity contribution in [3.63, 3.8) is 0 Å². The van der Waals surface area contributed by atoms with Gasteiger partial charge in [-0.1, -0.05) is 0 Å². The summed E-state index contributed by atoms with van der Waals surface area (Å²) in [6, 6.07) is -13.0. The van der Waals surface area contributed by atoms with Gasteiger partial charge in [0.1, 0.15) is 61.0 Å². The molecular formula is C55H110N34O11S. The van der Waals surface area contributed by atoms with Crippen LogP contribution in [0.15, 0.2) is 39.9 Å². The molecule has 0 spiro atoms. The second-order valence-corrected chi connectivity index (χ2v) is 22.8. The molecule has 0 fully saturated rings. The molecule has 0 saturated carbocycles. The molecule has 0 aliphatic rings. The summed E-state index contributed by atoms with van der Waals surface area (Å²) in [5.74, 6) is -11.4. The second kappa shape index (κ2) is 52.3. The zero-order valence-corrected chi connectivity index (χ0v) is 58.0. The molecule has 0 unspecified atom stereocenters. The molecule has 43 N–H and O–H groups in total. The Labute approximate surface area is 590 Å². The molecule has 0 aromatic rings. The molecule has 101 heavy (non-hydrogen) atoms. The Morgan fingerprint density at radius 2 is 0.436 bits per heavy atom.